The van der Waals surface area contributed by atoms with Gasteiger partial charge in [0.15, 0.2) is 0 Å². The maximum absolute atomic E-state index is 11.9. The SMILES string of the molecule is CC(=O)CC1CCCCN1C(=O)NC1CC1. The topological polar surface area (TPSA) is 49.4 Å². The number of hydrogen-bond acceptors (Lipinski definition) is 2. The van der Waals surface area contributed by atoms with Gasteiger partial charge in [0.1, 0.15) is 5.78 Å². The Balaban J connectivity index is 1.91. The van der Waals surface area contributed by atoms with E-state index in [9.17, 15) is 9.59 Å². The lowest BCUT2D eigenvalue weighted by atomic mass is 9.98. The summed E-state index contributed by atoms with van der Waals surface area (Å²) in [5.74, 6) is 0.177. The van der Waals surface area contributed by atoms with Crippen molar-refractivity contribution in [2.75, 3.05) is 6.54 Å². The summed E-state index contributed by atoms with van der Waals surface area (Å²) in [6.07, 6.45) is 5.89. The highest BCUT2D eigenvalue weighted by molar-refractivity contribution is 5.79. The monoisotopic (exact) mass is 224 g/mol. The molecule has 0 radical (unpaired) electrons. The predicted octanol–water partition coefficient (Wildman–Crippen LogP) is 1.69. The first-order valence-corrected chi connectivity index (χ1v) is 6.23. The van der Waals surface area contributed by atoms with E-state index in [-0.39, 0.29) is 17.9 Å². The molecule has 1 unspecified atom stereocenters. The van der Waals surface area contributed by atoms with Crippen molar-refractivity contribution >= 4 is 11.8 Å². The molecule has 0 aromatic heterocycles. The Hall–Kier alpha value is -1.06. The van der Waals surface area contributed by atoms with Crippen LogP contribution < -0.4 is 5.32 Å². The number of carbonyl (C=O) groups is 2. The molecule has 1 aliphatic heterocycles. The lowest BCUT2D eigenvalue weighted by Gasteiger charge is -2.35. The summed E-state index contributed by atoms with van der Waals surface area (Å²) in [5.41, 5.74) is 0. The lowest BCUT2D eigenvalue weighted by Crippen LogP contribution is -2.49. The number of piperidine rings is 1. The van der Waals surface area contributed by atoms with E-state index in [4.69, 9.17) is 0 Å². The molecule has 1 N–H and O–H groups in total. The van der Waals surface area contributed by atoms with Crippen LogP contribution in [0.15, 0.2) is 0 Å². The van der Waals surface area contributed by atoms with Gasteiger partial charge in [-0.3, -0.25) is 4.79 Å². The highest BCUT2D eigenvalue weighted by Crippen LogP contribution is 2.23. The molecule has 0 spiro atoms. The first kappa shape index (κ1) is 11.4. The molecule has 1 aliphatic carbocycles. The molecule has 2 amide bonds. The standard InChI is InChI=1S/C12H20N2O2/c1-9(15)8-11-4-2-3-7-14(11)12(16)13-10-5-6-10/h10-11H,2-8H2,1H3,(H,13,16). The molecule has 2 rings (SSSR count). The minimum atomic E-state index is 0.0356. The Kier molecular flexibility index (Phi) is 3.46. The van der Waals surface area contributed by atoms with Crippen molar-refractivity contribution in [2.24, 2.45) is 0 Å². The number of ketones is 1. The molecule has 0 bridgehead atoms. The van der Waals surface area contributed by atoms with Gasteiger partial charge in [0.05, 0.1) is 0 Å². The predicted molar refractivity (Wildman–Crippen MR) is 61.2 cm³/mol. The van der Waals surface area contributed by atoms with Gasteiger partial charge in [-0.1, -0.05) is 0 Å². The van der Waals surface area contributed by atoms with E-state index in [0.29, 0.717) is 12.5 Å². The average Bonchev–Trinajstić information content (AvgIpc) is 3.01. The maximum atomic E-state index is 11.9. The van der Waals surface area contributed by atoms with Crippen molar-refractivity contribution in [1.29, 1.82) is 0 Å². The highest BCUT2D eigenvalue weighted by atomic mass is 16.2. The van der Waals surface area contributed by atoms with Crippen LogP contribution in [0.5, 0.6) is 0 Å². The van der Waals surface area contributed by atoms with Crippen LogP contribution >= 0.6 is 0 Å². The molecular formula is C12H20N2O2. The molecule has 16 heavy (non-hydrogen) atoms. The van der Waals surface area contributed by atoms with E-state index < -0.39 is 0 Å². The quantitative estimate of drug-likeness (QED) is 0.793. The Labute approximate surface area is 96.4 Å². The smallest absolute Gasteiger partial charge is 0.317 e. The lowest BCUT2D eigenvalue weighted by molar-refractivity contribution is -0.118. The van der Waals surface area contributed by atoms with E-state index >= 15 is 0 Å². The number of likely N-dealkylation sites (tertiary alicyclic amines) is 1. The number of Topliss-reactive ketones (excluding diaryl/α,β-unsaturated/α-hetero) is 1. The van der Waals surface area contributed by atoms with Crippen LogP contribution in [0, 0.1) is 0 Å². The van der Waals surface area contributed by atoms with Crippen LogP contribution in [0.25, 0.3) is 0 Å². The summed E-state index contributed by atoms with van der Waals surface area (Å²) in [4.78, 5) is 25.0. The van der Waals surface area contributed by atoms with E-state index in [1.54, 1.807) is 6.92 Å². The molecule has 4 nitrogen and oxygen atoms in total. The Morgan fingerprint density at radius 1 is 1.25 bits per heavy atom. The first-order chi connectivity index (χ1) is 7.66. The number of carbonyl (C=O) groups excluding carboxylic acids is 2. The van der Waals surface area contributed by atoms with Crippen LogP contribution in [0.1, 0.15) is 45.4 Å². The normalized spacial score (nSPS) is 25.3. The van der Waals surface area contributed by atoms with Crippen LogP contribution in [-0.4, -0.2) is 35.3 Å². The minimum absolute atomic E-state index is 0.0356. The van der Waals surface area contributed by atoms with E-state index in [2.05, 4.69) is 5.32 Å². The molecule has 2 fully saturated rings. The van der Waals surface area contributed by atoms with Crippen molar-refractivity contribution < 1.29 is 9.59 Å². The van der Waals surface area contributed by atoms with Crippen molar-refractivity contribution in [3.8, 4) is 0 Å². The molecule has 1 heterocycles. The Morgan fingerprint density at radius 2 is 2.00 bits per heavy atom. The number of urea groups is 1. The average molecular weight is 224 g/mol. The van der Waals surface area contributed by atoms with Gasteiger partial charge in [-0.15, -0.1) is 0 Å². The fourth-order valence-corrected chi connectivity index (χ4v) is 2.30. The molecule has 1 atom stereocenters. The van der Waals surface area contributed by atoms with Crippen LogP contribution in [0.3, 0.4) is 0 Å². The molecule has 1 saturated carbocycles. The summed E-state index contributed by atoms with van der Waals surface area (Å²) in [6.45, 7) is 2.40. The summed E-state index contributed by atoms with van der Waals surface area (Å²) in [5, 5.41) is 3.00. The van der Waals surface area contributed by atoms with E-state index in [1.165, 1.54) is 0 Å². The third-order valence-electron chi connectivity index (χ3n) is 3.32. The van der Waals surface area contributed by atoms with Gasteiger partial charge in [0, 0.05) is 25.0 Å². The number of nitrogens with one attached hydrogen (secondary N) is 1. The highest BCUT2D eigenvalue weighted by Gasteiger charge is 2.31. The Bertz CT molecular complexity index is 287. The minimum Gasteiger partial charge on any atom is -0.335 e. The van der Waals surface area contributed by atoms with Crippen molar-refractivity contribution in [2.45, 2.75) is 57.5 Å². The summed E-state index contributed by atoms with van der Waals surface area (Å²) in [6, 6.07) is 0.561. The largest absolute Gasteiger partial charge is 0.335 e. The molecule has 90 valence electrons. The zero-order valence-electron chi connectivity index (χ0n) is 9.87. The van der Waals surface area contributed by atoms with Crippen molar-refractivity contribution in [3.63, 3.8) is 0 Å². The second-order valence-electron chi connectivity index (χ2n) is 4.97. The Morgan fingerprint density at radius 3 is 2.62 bits per heavy atom. The van der Waals surface area contributed by atoms with Crippen molar-refractivity contribution in [1.82, 2.24) is 10.2 Å². The van der Waals surface area contributed by atoms with Gasteiger partial charge >= 0.3 is 6.03 Å². The van der Waals surface area contributed by atoms with Crippen LogP contribution in [0.2, 0.25) is 0 Å². The second kappa shape index (κ2) is 4.85. The van der Waals surface area contributed by atoms with Gasteiger partial charge < -0.3 is 10.2 Å². The maximum Gasteiger partial charge on any atom is 0.317 e. The van der Waals surface area contributed by atoms with Crippen LogP contribution in [0.4, 0.5) is 4.79 Å². The first-order valence-electron chi connectivity index (χ1n) is 6.23. The fraction of sp³-hybridized carbons (Fsp3) is 0.833. The molecule has 2 aliphatic rings. The molecule has 0 aromatic carbocycles. The van der Waals surface area contributed by atoms with E-state index in [0.717, 1.165) is 38.6 Å². The van der Waals surface area contributed by atoms with Gasteiger partial charge in [-0.05, 0) is 39.0 Å². The molecule has 1 saturated heterocycles. The number of hydrogen-bond donors (Lipinski definition) is 1. The molecule has 4 heteroatoms. The number of amides is 2. The third-order valence-corrected chi connectivity index (χ3v) is 3.32. The summed E-state index contributed by atoms with van der Waals surface area (Å²) in [7, 11) is 0. The third kappa shape index (κ3) is 2.97. The second-order valence-corrected chi connectivity index (χ2v) is 4.97. The fourth-order valence-electron chi connectivity index (χ4n) is 2.30. The molecular weight excluding hydrogens is 204 g/mol. The van der Waals surface area contributed by atoms with Gasteiger partial charge in [0.25, 0.3) is 0 Å². The van der Waals surface area contributed by atoms with Gasteiger partial charge in [0.2, 0.25) is 0 Å². The summed E-state index contributed by atoms with van der Waals surface area (Å²) < 4.78 is 0. The number of rotatable bonds is 3. The van der Waals surface area contributed by atoms with Crippen molar-refractivity contribution in [3.05, 3.63) is 0 Å². The van der Waals surface area contributed by atoms with E-state index in [1.807, 2.05) is 4.90 Å². The summed E-state index contributed by atoms with van der Waals surface area (Å²) >= 11 is 0. The zero-order chi connectivity index (χ0) is 11.5. The van der Waals surface area contributed by atoms with Crippen LogP contribution in [-0.2, 0) is 4.79 Å². The zero-order valence-corrected chi connectivity index (χ0v) is 9.87. The number of nitrogens with zero attached hydrogens (tertiary/aromatic N) is 1. The van der Waals surface area contributed by atoms with Gasteiger partial charge in [-0.2, -0.15) is 0 Å². The molecule has 0 aromatic rings. The van der Waals surface area contributed by atoms with Gasteiger partial charge in [-0.25, -0.2) is 4.79 Å².